The highest BCUT2D eigenvalue weighted by atomic mass is 79.9. The van der Waals surface area contributed by atoms with Crippen LogP contribution in [0.4, 0.5) is 0 Å². The zero-order valence-electron chi connectivity index (χ0n) is 11.6. The molecule has 0 bridgehead atoms. The number of ether oxygens (including phenoxy) is 2. The van der Waals surface area contributed by atoms with Crippen LogP contribution in [0.5, 0.6) is 0 Å². The van der Waals surface area contributed by atoms with E-state index < -0.39 is 11.9 Å². The molecule has 0 aromatic heterocycles. The van der Waals surface area contributed by atoms with E-state index in [1.807, 2.05) is 12.1 Å². The Morgan fingerprint density at radius 1 is 1.59 bits per heavy atom. The van der Waals surface area contributed by atoms with E-state index in [9.17, 15) is 10.1 Å². The Hall–Kier alpha value is -1.97. The summed E-state index contributed by atoms with van der Waals surface area (Å²) in [6, 6.07) is 9.24. The first-order chi connectivity index (χ1) is 10.5. The van der Waals surface area contributed by atoms with Crippen LogP contribution in [0, 0.1) is 11.3 Å². The lowest BCUT2D eigenvalue weighted by molar-refractivity contribution is -0.136. The molecule has 1 aliphatic rings. The van der Waals surface area contributed by atoms with Crippen LogP contribution in [0.2, 0.25) is 0 Å². The van der Waals surface area contributed by atoms with Crippen molar-refractivity contribution < 1.29 is 14.3 Å². The van der Waals surface area contributed by atoms with Gasteiger partial charge < -0.3 is 15.2 Å². The quantitative estimate of drug-likeness (QED) is 0.641. The van der Waals surface area contributed by atoms with Crippen molar-refractivity contribution in [3.05, 3.63) is 57.1 Å². The largest absolute Gasteiger partial charge is 0.466 e. The summed E-state index contributed by atoms with van der Waals surface area (Å²) in [5.74, 6) is -1.22. The van der Waals surface area contributed by atoms with Crippen molar-refractivity contribution in [3.63, 3.8) is 0 Å². The predicted molar refractivity (Wildman–Crippen MR) is 84.6 cm³/mol. The normalized spacial score (nSPS) is 17.8. The number of methoxy groups -OCH3 is 1. The van der Waals surface area contributed by atoms with Crippen molar-refractivity contribution in [3.8, 4) is 6.07 Å². The number of esters is 1. The highest BCUT2D eigenvalue weighted by molar-refractivity contribution is 9.10. The van der Waals surface area contributed by atoms with Gasteiger partial charge in [0.05, 0.1) is 24.5 Å². The van der Waals surface area contributed by atoms with Crippen molar-refractivity contribution in [2.24, 2.45) is 5.73 Å². The van der Waals surface area contributed by atoms with Gasteiger partial charge in [-0.2, -0.15) is 5.26 Å². The SMILES string of the molecule is COC(=O)C1=C(CCl)OC(N)=C(C#N)C1c1cccc(Br)c1. The number of allylic oxidation sites excluding steroid dienone is 2. The second kappa shape index (κ2) is 6.86. The van der Waals surface area contributed by atoms with Gasteiger partial charge in [0, 0.05) is 4.47 Å². The fourth-order valence-corrected chi connectivity index (χ4v) is 2.89. The number of carbonyl (C=O) groups excluding carboxylic acids is 1. The van der Waals surface area contributed by atoms with Gasteiger partial charge in [0.2, 0.25) is 5.88 Å². The van der Waals surface area contributed by atoms with Gasteiger partial charge in [-0.3, -0.25) is 0 Å². The number of benzene rings is 1. The number of hydrogen-bond donors (Lipinski definition) is 1. The topological polar surface area (TPSA) is 85.3 Å². The second-order valence-corrected chi connectivity index (χ2v) is 5.62. The van der Waals surface area contributed by atoms with E-state index in [1.165, 1.54) is 7.11 Å². The molecule has 0 radical (unpaired) electrons. The van der Waals surface area contributed by atoms with E-state index in [0.29, 0.717) is 5.56 Å². The number of carbonyl (C=O) groups is 1. The van der Waals surface area contributed by atoms with Crippen molar-refractivity contribution in [2.75, 3.05) is 13.0 Å². The molecule has 5 nitrogen and oxygen atoms in total. The molecule has 7 heteroatoms. The van der Waals surface area contributed by atoms with Crippen LogP contribution in [-0.2, 0) is 14.3 Å². The van der Waals surface area contributed by atoms with E-state index in [1.54, 1.807) is 18.2 Å². The van der Waals surface area contributed by atoms with Gasteiger partial charge in [-0.15, -0.1) is 11.6 Å². The van der Waals surface area contributed by atoms with Crippen LogP contribution in [0.3, 0.4) is 0 Å². The van der Waals surface area contributed by atoms with Gasteiger partial charge in [0.15, 0.2) is 0 Å². The number of nitriles is 1. The van der Waals surface area contributed by atoms with E-state index in [4.69, 9.17) is 26.8 Å². The fourth-order valence-electron chi connectivity index (χ4n) is 2.27. The van der Waals surface area contributed by atoms with Crippen LogP contribution in [0.15, 0.2) is 51.5 Å². The molecule has 2 rings (SSSR count). The smallest absolute Gasteiger partial charge is 0.338 e. The van der Waals surface area contributed by atoms with Crippen LogP contribution in [-0.4, -0.2) is 19.0 Å². The number of halogens is 2. The third kappa shape index (κ3) is 2.96. The van der Waals surface area contributed by atoms with E-state index >= 15 is 0 Å². The molecule has 0 fully saturated rings. The highest BCUT2D eigenvalue weighted by Gasteiger charge is 2.37. The number of nitrogens with two attached hydrogens (primary N) is 1. The summed E-state index contributed by atoms with van der Waals surface area (Å²) in [5.41, 5.74) is 6.84. The lowest BCUT2D eigenvalue weighted by Gasteiger charge is -2.27. The molecule has 2 N–H and O–H groups in total. The number of alkyl halides is 1. The maximum absolute atomic E-state index is 12.2. The van der Waals surface area contributed by atoms with E-state index in [0.717, 1.165) is 4.47 Å². The summed E-state index contributed by atoms with van der Waals surface area (Å²) >= 11 is 9.23. The zero-order valence-corrected chi connectivity index (χ0v) is 13.9. The molecular weight excluding hydrogens is 372 g/mol. The minimum atomic E-state index is -0.683. The average Bonchev–Trinajstić information content (AvgIpc) is 2.52. The maximum Gasteiger partial charge on any atom is 0.338 e. The molecule has 1 atom stereocenters. The molecule has 0 saturated heterocycles. The van der Waals surface area contributed by atoms with Gasteiger partial charge in [0.1, 0.15) is 17.4 Å². The minimum Gasteiger partial charge on any atom is -0.466 e. The molecule has 1 aliphatic heterocycles. The third-order valence-electron chi connectivity index (χ3n) is 3.21. The monoisotopic (exact) mass is 382 g/mol. The lowest BCUT2D eigenvalue weighted by atomic mass is 9.83. The first kappa shape index (κ1) is 16.4. The fraction of sp³-hybridized carbons (Fsp3) is 0.200. The third-order valence-corrected chi connectivity index (χ3v) is 3.94. The minimum absolute atomic E-state index is 0.0595. The molecule has 1 unspecified atom stereocenters. The Morgan fingerprint density at radius 2 is 2.32 bits per heavy atom. The van der Waals surface area contributed by atoms with Gasteiger partial charge >= 0.3 is 5.97 Å². The van der Waals surface area contributed by atoms with Gasteiger partial charge in [-0.1, -0.05) is 28.1 Å². The first-order valence-corrected chi connectivity index (χ1v) is 7.56. The Kier molecular flexibility index (Phi) is 5.11. The predicted octanol–water partition coefficient (Wildman–Crippen LogP) is 2.92. The van der Waals surface area contributed by atoms with Crippen LogP contribution in [0.25, 0.3) is 0 Å². The summed E-state index contributed by atoms with van der Waals surface area (Å²) in [6.07, 6.45) is 0. The molecule has 1 heterocycles. The molecule has 0 aliphatic carbocycles. The van der Waals surface area contributed by atoms with Crippen LogP contribution >= 0.6 is 27.5 Å². The molecular formula is C15H12BrClN2O3. The molecule has 0 amide bonds. The van der Waals surface area contributed by atoms with Crippen molar-refractivity contribution in [2.45, 2.75) is 5.92 Å². The number of rotatable bonds is 3. The van der Waals surface area contributed by atoms with E-state index in [-0.39, 0.29) is 28.7 Å². The molecule has 0 spiro atoms. The molecule has 22 heavy (non-hydrogen) atoms. The van der Waals surface area contributed by atoms with E-state index in [2.05, 4.69) is 15.9 Å². The van der Waals surface area contributed by atoms with Crippen LogP contribution in [0.1, 0.15) is 11.5 Å². The summed E-state index contributed by atoms with van der Waals surface area (Å²) in [5, 5.41) is 9.41. The van der Waals surface area contributed by atoms with Gasteiger partial charge in [-0.25, -0.2) is 4.79 Å². The number of nitrogens with zero attached hydrogens (tertiary/aromatic N) is 1. The van der Waals surface area contributed by atoms with Crippen molar-refractivity contribution >= 4 is 33.5 Å². The summed E-state index contributed by atoms with van der Waals surface area (Å²) in [7, 11) is 1.26. The molecule has 1 aromatic rings. The maximum atomic E-state index is 12.2. The number of hydrogen-bond acceptors (Lipinski definition) is 5. The molecule has 1 aromatic carbocycles. The second-order valence-electron chi connectivity index (χ2n) is 4.44. The zero-order chi connectivity index (χ0) is 16.3. The molecule has 114 valence electrons. The van der Waals surface area contributed by atoms with Crippen LogP contribution < -0.4 is 5.73 Å². The summed E-state index contributed by atoms with van der Waals surface area (Å²) < 4.78 is 10.9. The van der Waals surface area contributed by atoms with Gasteiger partial charge in [0.25, 0.3) is 0 Å². The molecule has 0 saturated carbocycles. The Balaban J connectivity index is 2.69. The standard InChI is InChI=1S/C15H12BrClN2O3/c1-21-15(20)13-11(6-17)22-14(19)10(7-18)12(13)8-3-2-4-9(16)5-8/h2-5,12H,6,19H2,1H3. The Morgan fingerprint density at radius 3 is 2.86 bits per heavy atom. The first-order valence-electron chi connectivity index (χ1n) is 6.23. The van der Waals surface area contributed by atoms with Crippen molar-refractivity contribution in [1.29, 1.82) is 5.26 Å². The Labute approximate surface area is 141 Å². The summed E-state index contributed by atoms with van der Waals surface area (Å²) in [6.45, 7) is 0. The van der Waals surface area contributed by atoms with Gasteiger partial charge in [-0.05, 0) is 17.7 Å². The lowest BCUT2D eigenvalue weighted by Crippen LogP contribution is -2.26. The summed E-state index contributed by atoms with van der Waals surface area (Å²) in [4.78, 5) is 12.2. The highest BCUT2D eigenvalue weighted by Crippen LogP contribution is 2.40. The van der Waals surface area contributed by atoms with Crippen molar-refractivity contribution in [1.82, 2.24) is 0 Å². The Bertz CT molecular complexity index is 722. The average molecular weight is 384 g/mol.